The minimum atomic E-state index is 0.602. The van der Waals surface area contributed by atoms with Gasteiger partial charge < -0.3 is 5.32 Å². The molecule has 0 spiro atoms. The molecule has 2 heteroatoms. The van der Waals surface area contributed by atoms with E-state index in [4.69, 9.17) is 6.42 Å². The van der Waals surface area contributed by atoms with Crippen LogP contribution in [-0.4, -0.2) is 37.1 Å². The monoisotopic (exact) mass is 180 g/mol. The first-order valence-electron chi connectivity index (χ1n) is 5.26. The third-order valence-corrected chi connectivity index (χ3v) is 2.72. The second kappa shape index (κ2) is 6.01. The smallest absolute Gasteiger partial charge is 0.0242 e. The molecular weight excluding hydrogens is 160 g/mol. The van der Waals surface area contributed by atoms with Crippen LogP contribution < -0.4 is 5.32 Å². The molecule has 0 aromatic carbocycles. The minimum absolute atomic E-state index is 0.602. The Morgan fingerprint density at radius 1 is 1.46 bits per heavy atom. The van der Waals surface area contributed by atoms with E-state index in [0.717, 1.165) is 26.1 Å². The van der Waals surface area contributed by atoms with Gasteiger partial charge in [-0.1, -0.05) is 6.92 Å². The quantitative estimate of drug-likeness (QED) is 0.654. The Bertz CT molecular complexity index is 163. The SMILES string of the molecule is C#CCC(CC)N1CCCNCC1. The molecule has 2 nitrogen and oxygen atoms in total. The molecule has 1 aliphatic heterocycles. The topological polar surface area (TPSA) is 15.3 Å². The van der Waals surface area contributed by atoms with Gasteiger partial charge >= 0.3 is 0 Å². The largest absolute Gasteiger partial charge is 0.315 e. The highest BCUT2D eigenvalue weighted by atomic mass is 15.2. The number of hydrogen-bond acceptors (Lipinski definition) is 2. The molecule has 1 N–H and O–H groups in total. The Hall–Kier alpha value is -0.520. The van der Waals surface area contributed by atoms with Gasteiger partial charge in [0.15, 0.2) is 0 Å². The normalized spacial score (nSPS) is 21.8. The van der Waals surface area contributed by atoms with Gasteiger partial charge in [0.1, 0.15) is 0 Å². The summed E-state index contributed by atoms with van der Waals surface area (Å²) in [6.07, 6.45) is 8.68. The molecule has 1 rings (SSSR count). The molecule has 1 aliphatic rings. The van der Waals surface area contributed by atoms with E-state index in [1.54, 1.807) is 0 Å². The fourth-order valence-corrected chi connectivity index (χ4v) is 1.90. The first kappa shape index (κ1) is 10.6. The van der Waals surface area contributed by atoms with Crippen LogP contribution in [0.1, 0.15) is 26.2 Å². The van der Waals surface area contributed by atoms with Crippen LogP contribution in [0.4, 0.5) is 0 Å². The fraction of sp³-hybridized carbons (Fsp3) is 0.818. The molecule has 0 aromatic heterocycles. The van der Waals surface area contributed by atoms with Crippen LogP contribution in [0.25, 0.3) is 0 Å². The van der Waals surface area contributed by atoms with Crippen molar-refractivity contribution in [3.63, 3.8) is 0 Å². The van der Waals surface area contributed by atoms with Crippen molar-refractivity contribution in [2.45, 2.75) is 32.2 Å². The van der Waals surface area contributed by atoms with Crippen LogP contribution in [-0.2, 0) is 0 Å². The summed E-state index contributed by atoms with van der Waals surface area (Å²) in [6.45, 7) is 6.84. The number of rotatable bonds is 3. The van der Waals surface area contributed by atoms with Gasteiger partial charge in [0.25, 0.3) is 0 Å². The summed E-state index contributed by atoms with van der Waals surface area (Å²) >= 11 is 0. The Morgan fingerprint density at radius 3 is 3.00 bits per heavy atom. The zero-order chi connectivity index (χ0) is 9.52. The van der Waals surface area contributed by atoms with E-state index in [2.05, 4.69) is 23.1 Å². The molecule has 0 radical (unpaired) electrons. The van der Waals surface area contributed by atoms with Crippen LogP contribution in [0.2, 0.25) is 0 Å². The van der Waals surface area contributed by atoms with Crippen LogP contribution >= 0.6 is 0 Å². The first-order valence-corrected chi connectivity index (χ1v) is 5.26. The Labute approximate surface area is 81.7 Å². The fourth-order valence-electron chi connectivity index (χ4n) is 1.90. The van der Waals surface area contributed by atoms with Crippen molar-refractivity contribution in [1.29, 1.82) is 0 Å². The first-order chi connectivity index (χ1) is 6.38. The third-order valence-electron chi connectivity index (χ3n) is 2.72. The van der Waals surface area contributed by atoms with Crippen LogP contribution in [0.3, 0.4) is 0 Å². The lowest BCUT2D eigenvalue weighted by Gasteiger charge is -2.28. The number of terminal acetylenes is 1. The summed E-state index contributed by atoms with van der Waals surface area (Å²) in [5.74, 6) is 2.77. The molecule has 1 heterocycles. The van der Waals surface area contributed by atoms with Gasteiger partial charge in [-0.2, -0.15) is 0 Å². The molecular formula is C11H20N2. The van der Waals surface area contributed by atoms with E-state index in [0.29, 0.717) is 6.04 Å². The van der Waals surface area contributed by atoms with Gasteiger partial charge in [-0.05, 0) is 25.9 Å². The number of nitrogens with zero attached hydrogens (tertiary/aromatic N) is 1. The van der Waals surface area contributed by atoms with E-state index < -0.39 is 0 Å². The lowest BCUT2D eigenvalue weighted by molar-refractivity contribution is 0.206. The number of nitrogens with one attached hydrogen (secondary N) is 1. The standard InChI is InChI=1S/C11H20N2/c1-3-6-11(4-2)13-9-5-7-12-8-10-13/h1,11-12H,4-10H2,2H3. The summed E-state index contributed by atoms with van der Waals surface area (Å²) in [4.78, 5) is 2.53. The van der Waals surface area contributed by atoms with Crippen molar-refractivity contribution in [1.82, 2.24) is 10.2 Å². The summed E-state index contributed by atoms with van der Waals surface area (Å²) in [6, 6.07) is 0.602. The maximum absolute atomic E-state index is 5.36. The van der Waals surface area contributed by atoms with Gasteiger partial charge in [0.2, 0.25) is 0 Å². The Kier molecular flexibility index (Phi) is 4.88. The van der Waals surface area contributed by atoms with Crippen molar-refractivity contribution >= 4 is 0 Å². The molecule has 0 amide bonds. The van der Waals surface area contributed by atoms with E-state index in [1.165, 1.54) is 19.4 Å². The van der Waals surface area contributed by atoms with Crippen molar-refractivity contribution in [2.75, 3.05) is 26.2 Å². The predicted molar refractivity (Wildman–Crippen MR) is 56.6 cm³/mol. The molecule has 0 aliphatic carbocycles. The van der Waals surface area contributed by atoms with Crippen molar-refractivity contribution in [3.8, 4) is 12.3 Å². The summed E-state index contributed by atoms with van der Waals surface area (Å²) < 4.78 is 0. The van der Waals surface area contributed by atoms with Gasteiger partial charge in [-0.3, -0.25) is 4.90 Å². The maximum atomic E-state index is 5.36. The zero-order valence-electron chi connectivity index (χ0n) is 8.55. The average molecular weight is 180 g/mol. The Morgan fingerprint density at radius 2 is 2.31 bits per heavy atom. The second-order valence-electron chi connectivity index (χ2n) is 3.61. The van der Waals surface area contributed by atoms with Crippen LogP contribution in [0, 0.1) is 12.3 Å². The van der Waals surface area contributed by atoms with E-state index in [1.807, 2.05) is 0 Å². The highest BCUT2D eigenvalue weighted by Gasteiger charge is 2.16. The summed E-state index contributed by atoms with van der Waals surface area (Å²) in [5, 5.41) is 3.40. The molecule has 1 saturated heterocycles. The molecule has 0 aromatic rings. The summed E-state index contributed by atoms with van der Waals surface area (Å²) in [7, 11) is 0. The third kappa shape index (κ3) is 3.38. The van der Waals surface area contributed by atoms with E-state index in [9.17, 15) is 0 Å². The Balaban J connectivity index is 2.41. The van der Waals surface area contributed by atoms with E-state index >= 15 is 0 Å². The van der Waals surface area contributed by atoms with Gasteiger partial charge in [0, 0.05) is 25.6 Å². The highest BCUT2D eigenvalue weighted by molar-refractivity contribution is 4.90. The summed E-state index contributed by atoms with van der Waals surface area (Å²) in [5.41, 5.74) is 0. The molecule has 74 valence electrons. The second-order valence-corrected chi connectivity index (χ2v) is 3.61. The van der Waals surface area contributed by atoms with Crippen molar-refractivity contribution in [2.24, 2.45) is 0 Å². The van der Waals surface area contributed by atoms with Crippen LogP contribution in [0.15, 0.2) is 0 Å². The minimum Gasteiger partial charge on any atom is -0.315 e. The highest BCUT2D eigenvalue weighted by Crippen LogP contribution is 2.09. The van der Waals surface area contributed by atoms with Gasteiger partial charge in [0.05, 0.1) is 0 Å². The molecule has 0 bridgehead atoms. The molecule has 1 fully saturated rings. The lowest BCUT2D eigenvalue weighted by atomic mass is 10.1. The van der Waals surface area contributed by atoms with Crippen LogP contribution in [0.5, 0.6) is 0 Å². The van der Waals surface area contributed by atoms with Gasteiger partial charge in [-0.15, -0.1) is 12.3 Å². The maximum Gasteiger partial charge on any atom is 0.0242 e. The molecule has 1 unspecified atom stereocenters. The van der Waals surface area contributed by atoms with Gasteiger partial charge in [-0.25, -0.2) is 0 Å². The molecule has 0 saturated carbocycles. The number of hydrogen-bond donors (Lipinski definition) is 1. The van der Waals surface area contributed by atoms with Crippen molar-refractivity contribution in [3.05, 3.63) is 0 Å². The molecule has 13 heavy (non-hydrogen) atoms. The predicted octanol–water partition coefficient (Wildman–Crippen LogP) is 1.08. The average Bonchev–Trinajstić information content (AvgIpc) is 2.42. The van der Waals surface area contributed by atoms with Crippen molar-refractivity contribution < 1.29 is 0 Å². The molecule has 1 atom stereocenters. The lowest BCUT2D eigenvalue weighted by Crippen LogP contribution is -2.37. The van der Waals surface area contributed by atoms with E-state index in [-0.39, 0.29) is 0 Å². The zero-order valence-corrected chi connectivity index (χ0v) is 8.55.